The van der Waals surface area contributed by atoms with E-state index in [0.29, 0.717) is 21.4 Å². The van der Waals surface area contributed by atoms with Crippen LogP contribution in [0, 0.1) is 0 Å². The van der Waals surface area contributed by atoms with Crippen LogP contribution < -0.4 is 10.2 Å². The molecule has 3 rings (SSSR count). The number of hydrogen-bond donors (Lipinski definition) is 1. The van der Waals surface area contributed by atoms with Crippen LogP contribution in [-0.2, 0) is 21.4 Å². The zero-order chi connectivity index (χ0) is 23.8. The first-order chi connectivity index (χ1) is 15.8. The number of nitrogens with one attached hydrogen (secondary N) is 1. The van der Waals surface area contributed by atoms with Gasteiger partial charge < -0.3 is 4.74 Å². The molecule has 0 aliphatic carbocycles. The fourth-order valence-corrected chi connectivity index (χ4v) is 4.79. The smallest absolute Gasteiger partial charge is 0.255 e. The van der Waals surface area contributed by atoms with Crippen molar-refractivity contribution in [3.8, 4) is 5.75 Å². The number of carbonyl (C=O) groups excluding carboxylic acids is 1. The number of ether oxygens (including phenoxy) is 1. The van der Waals surface area contributed by atoms with Gasteiger partial charge >= 0.3 is 0 Å². The summed E-state index contributed by atoms with van der Waals surface area (Å²) in [4.78, 5) is 12.6. The summed E-state index contributed by atoms with van der Waals surface area (Å²) in [5.74, 6) is -0.101. The van der Waals surface area contributed by atoms with Crippen LogP contribution in [-0.4, -0.2) is 38.5 Å². The number of sulfonamides is 1. The van der Waals surface area contributed by atoms with Gasteiger partial charge in [-0.05, 0) is 42.0 Å². The minimum absolute atomic E-state index is 0.00266. The molecule has 0 spiro atoms. The van der Waals surface area contributed by atoms with Crippen LogP contribution in [0.3, 0.4) is 0 Å². The summed E-state index contributed by atoms with van der Waals surface area (Å²) in [6.07, 6.45) is 1.31. The molecule has 10 heteroatoms. The highest BCUT2D eigenvalue weighted by Crippen LogP contribution is 2.23. The van der Waals surface area contributed by atoms with Crippen LogP contribution in [0.1, 0.15) is 11.1 Å². The van der Waals surface area contributed by atoms with E-state index >= 15 is 0 Å². The van der Waals surface area contributed by atoms with Crippen molar-refractivity contribution in [2.45, 2.75) is 11.4 Å². The molecule has 0 fully saturated rings. The molecule has 0 unspecified atom stereocenters. The molecule has 7 nitrogen and oxygen atoms in total. The Morgan fingerprint density at radius 3 is 2.24 bits per heavy atom. The number of hydrazone groups is 1. The number of benzene rings is 3. The lowest BCUT2D eigenvalue weighted by Gasteiger charge is -2.21. The molecule has 0 aliphatic rings. The van der Waals surface area contributed by atoms with E-state index in [2.05, 4.69) is 10.5 Å². The lowest BCUT2D eigenvalue weighted by Crippen LogP contribution is -2.39. The molecular formula is C23H21Cl2N3O4S. The quantitative estimate of drug-likeness (QED) is 0.346. The largest absolute Gasteiger partial charge is 0.497 e. The molecule has 0 saturated heterocycles. The standard InChI is InChI=1S/C23H21Cl2N3O4S/c1-32-18-10-12-19(13-11-18)33(30,31)28(15-17-6-3-2-4-7-17)16-23(29)27-26-14-20-21(24)8-5-9-22(20)25/h2-14H,15-16H2,1H3,(H,27,29)/b26-14-. The normalized spacial score (nSPS) is 11.6. The summed E-state index contributed by atoms with van der Waals surface area (Å²) < 4.78 is 32.8. The zero-order valence-corrected chi connectivity index (χ0v) is 19.9. The summed E-state index contributed by atoms with van der Waals surface area (Å²) in [7, 11) is -2.50. The Morgan fingerprint density at radius 1 is 1.00 bits per heavy atom. The van der Waals surface area contributed by atoms with Gasteiger partial charge in [0.2, 0.25) is 10.0 Å². The predicted octanol–water partition coefficient (Wildman–Crippen LogP) is 4.34. The first kappa shape index (κ1) is 24.7. The number of rotatable bonds is 9. The summed E-state index contributed by atoms with van der Waals surface area (Å²) in [5.41, 5.74) is 3.50. The molecule has 1 amide bonds. The zero-order valence-electron chi connectivity index (χ0n) is 17.6. The van der Waals surface area contributed by atoms with Crippen molar-refractivity contribution in [1.29, 1.82) is 0 Å². The van der Waals surface area contributed by atoms with Crippen LogP contribution in [0.25, 0.3) is 0 Å². The summed E-state index contributed by atoms with van der Waals surface area (Å²) >= 11 is 12.2. The number of nitrogens with zero attached hydrogens (tertiary/aromatic N) is 2. The van der Waals surface area contributed by atoms with Crippen LogP contribution in [0.5, 0.6) is 5.75 Å². The van der Waals surface area contributed by atoms with E-state index in [1.54, 1.807) is 54.6 Å². The van der Waals surface area contributed by atoms with Crippen LogP contribution in [0.4, 0.5) is 0 Å². The molecule has 33 heavy (non-hydrogen) atoms. The van der Waals surface area contributed by atoms with Crippen LogP contribution >= 0.6 is 23.2 Å². The molecule has 0 atom stereocenters. The summed E-state index contributed by atoms with van der Waals surface area (Å²) in [6, 6.07) is 19.9. The highest BCUT2D eigenvalue weighted by Gasteiger charge is 2.27. The fraction of sp³-hybridized carbons (Fsp3) is 0.130. The lowest BCUT2D eigenvalue weighted by atomic mass is 10.2. The van der Waals surface area contributed by atoms with Crippen molar-refractivity contribution in [2.75, 3.05) is 13.7 Å². The molecule has 0 saturated carbocycles. The van der Waals surface area contributed by atoms with Crippen molar-refractivity contribution in [2.24, 2.45) is 5.10 Å². The number of methoxy groups -OCH3 is 1. The van der Waals surface area contributed by atoms with E-state index in [1.807, 2.05) is 6.07 Å². The molecule has 3 aromatic rings. The third kappa shape index (κ3) is 6.55. The monoisotopic (exact) mass is 505 g/mol. The predicted molar refractivity (Wildman–Crippen MR) is 129 cm³/mol. The maximum Gasteiger partial charge on any atom is 0.255 e. The fourth-order valence-electron chi connectivity index (χ4n) is 2.91. The Hall–Kier alpha value is -2.91. The molecule has 1 N–H and O–H groups in total. The first-order valence-corrected chi connectivity index (χ1v) is 11.9. The summed E-state index contributed by atoms with van der Waals surface area (Å²) in [5, 5.41) is 4.61. The van der Waals surface area contributed by atoms with E-state index in [4.69, 9.17) is 27.9 Å². The second-order valence-corrected chi connectivity index (χ2v) is 9.62. The van der Waals surface area contributed by atoms with Crippen LogP contribution in [0.15, 0.2) is 82.8 Å². The van der Waals surface area contributed by atoms with Crippen molar-refractivity contribution in [3.05, 3.63) is 94.0 Å². The molecule has 0 bridgehead atoms. The van der Waals surface area contributed by atoms with E-state index < -0.39 is 22.5 Å². The van der Waals surface area contributed by atoms with Gasteiger partial charge in [-0.3, -0.25) is 4.79 Å². The molecule has 0 aromatic heterocycles. The number of halogens is 2. The minimum Gasteiger partial charge on any atom is -0.497 e. The third-order valence-corrected chi connectivity index (χ3v) is 7.07. The average Bonchev–Trinajstić information content (AvgIpc) is 2.81. The lowest BCUT2D eigenvalue weighted by molar-refractivity contribution is -0.121. The van der Waals surface area contributed by atoms with Crippen molar-refractivity contribution < 1.29 is 17.9 Å². The molecular weight excluding hydrogens is 485 g/mol. The van der Waals surface area contributed by atoms with E-state index in [-0.39, 0.29) is 11.4 Å². The van der Waals surface area contributed by atoms with Gasteiger partial charge in [-0.1, -0.05) is 59.6 Å². The van der Waals surface area contributed by atoms with Gasteiger partial charge in [-0.2, -0.15) is 9.41 Å². The Balaban J connectivity index is 1.80. The second-order valence-electron chi connectivity index (χ2n) is 6.86. The maximum atomic E-state index is 13.3. The second kappa shape index (κ2) is 11.3. The highest BCUT2D eigenvalue weighted by atomic mass is 35.5. The average molecular weight is 506 g/mol. The molecule has 3 aromatic carbocycles. The van der Waals surface area contributed by atoms with Gasteiger partial charge in [0.15, 0.2) is 0 Å². The van der Waals surface area contributed by atoms with Gasteiger partial charge in [0.1, 0.15) is 5.75 Å². The van der Waals surface area contributed by atoms with Crippen molar-refractivity contribution in [3.63, 3.8) is 0 Å². The van der Waals surface area contributed by atoms with Gasteiger partial charge in [0.05, 0.1) is 34.8 Å². The summed E-state index contributed by atoms with van der Waals surface area (Å²) in [6.45, 7) is -0.445. The van der Waals surface area contributed by atoms with E-state index in [0.717, 1.165) is 9.87 Å². The molecule has 0 heterocycles. The minimum atomic E-state index is -3.99. The van der Waals surface area contributed by atoms with Crippen molar-refractivity contribution in [1.82, 2.24) is 9.73 Å². The number of carbonyl (C=O) groups is 1. The van der Waals surface area contributed by atoms with E-state index in [1.165, 1.54) is 25.5 Å². The Labute approximate surface area is 202 Å². The molecule has 0 radical (unpaired) electrons. The molecule has 172 valence electrons. The van der Waals surface area contributed by atoms with Crippen molar-refractivity contribution >= 4 is 45.3 Å². The Kier molecular flexibility index (Phi) is 8.46. The highest BCUT2D eigenvalue weighted by molar-refractivity contribution is 7.89. The number of hydrogen-bond acceptors (Lipinski definition) is 5. The van der Waals surface area contributed by atoms with Crippen LogP contribution in [0.2, 0.25) is 10.0 Å². The number of amides is 1. The van der Waals surface area contributed by atoms with Gasteiger partial charge in [-0.25, -0.2) is 13.8 Å². The van der Waals surface area contributed by atoms with Gasteiger partial charge in [0, 0.05) is 12.1 Å². The topological polar surface area (TPSA) is 88.1 Å². The van der Waals surface area contributed by atoms with E-state index in [9.17, 15) is 13.2 Å². The first-order valence-electron chi connectivity index (χ1n) is 9.75. The third-order valence-electron chi connectivity index (χ3n) is 4.60. The maximum absolute atomic E-state index is 13.3. The molecule has 0 aliphatic heterocycles. The SMILES string of the molecule is COc1ccc(S(=O)(=O)N(CC(=O)N/N=C\c2c(Cl)cccc2Cl)Cc2ccccc2)cc1. The van der Waals surface area contributed by atoms with Gasteiger partial charge in [0.25, 0.3) is 5.91 Å². The van der Waals surface area contributed by atoms with Gasteiger partial charge in [-0.15, -0.1) is 0 Å². The Morgan fingerprint density at radius 2 is 1.64 bits per heavy atom. The Bertz CT molecular complexity index is 1210.